The van der Waals surface area contributed by atoms with Crippen molar-refractivity contribution in [2.24, 2.45) is 5.16 Å². The first-order valence-electron chi connectivity index (χ1n) is 8.29. The SMILES string of the molecule is CO/N=C(/C(=O)NC1C(=O)N2C(C(=O)O)C(C=C(Br)Br)=CS[C@H]12)c1csc(NC=O)n1. The van der Waals surface area contributed by atoms with E-state index in [-0.39, 0.29) is 16.5 Å². The highest BCUT2D eigenvalue weighted by Gasteiger charge is 2.55. The van der Waals surface area contributed by atoms with Crippen LogP contribution in [0.25, 0.3) is 0 Å². The molecule has 2 aliphatic rings. The van der Waals surface area contributed by atoms with E-state index in [0.29, 0.717) is 15.4 Å². The Bertz CT molecular complexity index is 1020. The molecule has 0 aliphatic carbocycles. The van der Waals surface area contributed by atoms with Gasteiger partial charge < -0.3 is 25.5 Å². The number of carbonyl (C=O) groups is 4. The number of thioether (sulfide) groups is 1. The Morgan fingerprint density at radius 3 is 2.77 bits per heavy atom. The van der Waals surface area contributed by atoms with Crippen molar-refractivity contribution in [1.82, 2.24) is 15.2 Å². The van der Waals surface area contributed by atoms with E-state index >= 15 is 0 Å². The van der Waals surface area contributed by atoms with Crippen LogP contribution in [-0.4, -0.2) is 69.5 Å². The Morgan fingerprint density at radius 2 is 2.16 bits per heavy atom. The van der Waals surface area contributed by atoms with E-state index in [1.165, 1.54) is 29.2 Å². The average Bonchev–Trinajstić information content (AvgIpc) is 3.17. The molecule has 1 fully saturated rings. The minimum Gasteiger partial charge on any atom is -0.479 e. The zero-order chi connectivity index (χ0) is 22.7. The molecule has 0 aromatic carbocycles. The molecule has 3 rings (SSSR count). The standard InChI is InChI=1S/C16H13Br2N5O6S2/c1-29-22-9(7-4-31-16(20-7)19-5-24)12(25)21-10-13(26)23-11(15(27)28)6(2-8(17)18)3-30-14(10)23/h2-5,10-11,14H,1H3,(H,21,25)(H,27,28)(H,19,20,24)/b22-9+/t10?,11?,14-/m1/s1. The predicted octanol–water partition coefficient (Wildman–Crippen LogP) is 1.43. The molecule has 3 amide bonds. The van der Waals surface area contributed by atoms with Crippen molar-refractivity contribution in [3.8, 4) is 0 Å². The average molecular weight is 595 g/mol. The highest BCUT2D eigenvalue weighted by molar-refractivity contribution is 9.28. The van der Waals surface area contributed by atoms with Crippen LogP contribution in [0.4, 0.5) is 5.13 Å². The van der Waals surface area contributed by atoms with Crippen molar-refractivity contribution in [1.29, 1.82) is 0 Å². The minimum atomic E-state index is -1.19. The summed E-state index contributed by atoms with van der Waals surface area (Å²) in [4.78, 5) is 57.8. The van der Waals surface area contributed by atoms with Crippen LogP contribution < -0.4 is 10.6 Å². The minimum absolute atomic E-state index is 0.145. The molecular formula is C16H13Br2N5O6S2. The van der Waals surface area contributed by atoms with Gasteiger partial charge in [-0.3, -0.25) is 14.4 Å². The van der Waals surface area contributed by atoms with Crippen LogP contribution in [0.2, 0.25) is 0 Å². The van der Waals surface area contributed by atoms with E-state index in [9.17, 15) is 24.3 Å². The van der Waals surface area contributed by atoms with Gasteiger partial charge in [-0.05, 0) is 48.9 Å². The van der Waals surface area contributed by atoms with E-state index in [0.717, 1.165) is 11.3 Å². The first-order valence-corrected chi connectivity index (χ1v) is 11.7. The Balaban J connectivity index is 1.79. The Hall–Kier alpha value is -2.23. The van der Waals surface area contributed by atoms with Crippen LogP contribution in [0.5, 0.6) is 0 Å². The molecule has 0 radical (unpaired) electrons. The number of nitrogens with one attached hydrogen (secondary N) is 2. The number of amides is 3. The monoisotopic (exact) mass is 593 g/mol. The maximum absolute atomic E-state index is 12.8. The van der Waals surface area contributed by atoms with Gasteiger partial charge in [0.2, 0.25) is 12.3 Å². The van der Waals surface area contributed by atoms with Crippen LogP contribution in [0.15, 0.2) is 31.0 Å². The summed E-state index contributed by atoms with van der Waals surface area (Å²) in [6.07, 6.45) is 2.00. The van der Waals surface area contributed by atoms with E-state index in [2.05, 4.69) is 52.6 Å². The van der Waals surface area contributed by atoms with Gasteiger partial charge in [-0.25, -0.2) is 9.78 Å². The Kier molecular flexibility index (Phi) is 7.51. The topological polar surface area (TPSA) is 150 Å². The summed E-state index contributed by atoms with van der Waals surface area (Å²) in [6.45, 7) is 0. The largest absolute Gasteiger partial charge is 0.479 e. The van der Waals surface area contributed by atoms with Gasteiger partial charge in [-0.1, -0.05) is 5.16 Å². The molecule has 164 valence electrons. The van der Waals surface area contributed by atoms with Gasteiger partial charge >= 0.3 is 5.97 Å². The number of carboxylic acid groups (broad SMARTS) is 1. The number of hydrogen-bond donors (Lipinski definition) is 3. The number of anilines is 1. The number of fused-ring (bicyclic) bond motifs is 1. The number of carbonyl (C=O) groups excluding carboxylic acids is 3. The number of β-lactam (4-membered cyclic amide) rings is 1. The Labute approximate surface area is 200 Å². The maximum Gasteiger partial charge on any atom is 0.331 e. The van der Waals surface area contributed by atoms with Crippen LogP contribution in [0.1, 0.15) is 5.69 Å². The van der Waals surface area contributed by atoms with Crippen molar-refractivity contribution >= 4 is 90.0 Å². The van der Waals surface area contributed by atoms with E-state index in [4.69, 9.17) is 4.84 Å². The number of nitrogens with zero attached hydrogens (tertiary/aromatic N) is 3. The van der Waals surface area contributed by atoms with Crippen molar-refractivity contribution in [2.45, 2.75) is 17.5 Å². The smallest absolute Gasteiger partial charge is 0.331 e. The van der Waals surface area contributed by atoms with E-state index in [1.807, 2.05) is 0 Å². The lowest BCUT2D eigenvalue weighted by molar-refractivity contribution is -0.159. The Morgan fingerprint density at radius 1 is 1.42 bits per heavy atom. The first-order chi connectivity index (χ1) is 14.8. The lowest BCUT2D eigenvalue weighted by Gasteiger charge is -2.51. The summed E-state index contributed by atoms with van der Waals surface area (Å²) in [5.41, 5.74) is 0.364. The predicted molar refractivity (Wildman–Crippen MR) is 121 cm³/mol. The molecular weight excluding hydrogens is 582 g/mol. The highest BCUT2D eigenvalue weighted by Crippen LogP contribution is 2.41. The molecule has 11 nitrogen and oxygen atoms in total. The van der Waals surface area contributed by atoms with Crippen molar-refractivity contribution in [2.75, 3.05) is 12.4 Å². The number of hydrogen-bond acceptors (Lipinski definition) is 9. The van der Waals surface area contributed by atoms with Gasteiger partial charge in [0.15, 0.2) is 16.9 Å². The summed E-state index contributed by atoms with van der Waals surface area (Å²) in [5.74, 6) is -2.46. The fourth-order valence-electron chi connectivity index (χ4n) is 2.92. The van der Waals surface area contributed by atoms with Gasteiger partial charge in [0.1, 0.15) is 24.2 Å². The molecule has 1 saturated heterocycles. The number of rotatable bonds is 8. The fraction of sp³-hybridized carbons (Fsp3) is 0.250. The zero-order valence-electron chi connectivity index (χ0n) is 15.4. The highest BCUT2D eigenvalue weighted by atomic mass is 79.9. The van der Waals surface area contributed by atoms with E-state index in [1.54, 1.807) is 11.5 Å². The fourth-order valence-corrected chi connectivity index (χ4v) is 5.29. The third-order valence-electron chi connectivity index (χ3n) is 4.14. The van der Waals surface area contributed by atoms with Crippen LogP contribution in [0.3, 0.4) is 0 Å². The number of aromatic nitrogens is 1. The number of halogens is 2. The molecule has 0 bridgehead atoms. The zero-order valence-corrected chi connectivity index (χ0v) is 20.2. The molecule has 3 heterocycles. The van der Waals surface area contributed by atoms with Crippen molar-refractivity contribution in [3.63, 3.8) is 0 Å². The van der Waals surface area contributed by atoms with Crippen molar-refractivity contribution in [3.05, 3.63) is 31.5 Å². The first kappa shape index (κ1) is 23.4. The van der Waals surface area contributed by atoms with Gasteiger partial charge in [-0.15, -0.1) is 23.1 Å². The number of oxime groups is 1. The third kappa shape index (κ3) is 4.83. The lowest BCUT2D eigenvalue weighted by atomic mass is 9.98. The molecule has 15 heteroatoms. The molecule has 1 aromatic rings. The molecule has 2 aliphatic heterocycles. The molecule has 31 heavy (non-hydrogen) atoms. The molecule has 3 atom stereocenters. The second-order valence-corrected chi connectivity index (χ2v) is 10.6. The molecule has 1 aromatic heterocycles. The molecule has 0 spiro atoms. The van der Waals surface area contributed by atoms with Gasteiger partial charge in [0.25, 0.3) is 5.91 Å². The summed E-state index contributed by atoms with van der Waals surface area (Å²) in [5, 5.41) is 21.0. The van der Waals surface area contributed by atoms with Crippen LogP contribution in [-0.2, 0) is 24.0 Å². The normalized spacial score (nSPS) is 22.5. The van der Waals surface area contributed by atoms with Crippen LogP contribution in [0, 0.1) is 0 Å². The van der Waals surface area contributed by atoms with E-state index < -0.39 is 35.2 Å². The summed E-state index contributed by atoms with van der Waals surface area (Å²) >= 11 is 8.66. The third-order valence-corrected chi connectivity index (χ3v) is 6.56. The van der Waals surface area contributed by atoms with Gasteiger partial charge in [0.05, 0.1) is 3.39 Å². The quantitative estimate of drug-likeness (QED) is 0.177. The molecule has 3 N–H and O–H groups in total. The molecule has 2 unspecified atom stereocenters. The second-order valence-electron chi connectivity index (χ2n) is 5.94. The van der Waals surface area contributed by atoms with Crippen molar-refractivity contribution < 1.29 is 29.1 Å². The number of thiazole rings is 1. The second kappa shape index (κ2) is 9.93. The summed E-state index contributed by atoms with van der Waals surface area (Å²) < 4.78 is 0.529. The summed E-state index contributed by atoms with van der Waals surface area (Å²) in [6, 6.07) is -2.14. The number of aliphatic carboxylic acids is 1. The van der Waals surface area contributed by atoms with Gasteiger partial charge in [-0.2, -0.15) is 0 Å². The van der Waals surface area contributed by atoms with Gasteiger partial charge in [0, 0.05) is 5.38 Å². The number of carboxylic acids is 1. The lowest BCUT2D eigenvalue weighted by Crippen LogP contribution is -2.74. The van der Waals surface area contributed by atoms with Crippen LogP contribution >= 0.6 is 55.0 Å². The molecule has 0 saturated carbocycles. The summed E-state index contributed by atoms with van der Waals surface area (Å²) in [7, 11) is 1.25. The maximum atomic E-state index is 12.8.